The number of hydrogen-bond acceptors (Lipinski definition) is 4. The lowest BCUT2D eigenvalue weighted by Gasteiger charge is -2.00. The topological polar surface area (TPSA) is 86.7 Å². The highest BCUT2D eigenvalue weighted by Crippen LogP contribution is 1.98. The molecule has 0 aromatic rings. The molecule has 0 aliphatic carbocycles. The SMILES string of the molecule is CCCCCC(N)O.OCCCCCCO. The van der Waals surface area contributed by atoms with Crippen LogP contribution in [-0.4, -0.2) is 34.8 Å². The van der Waals surface area contributed by atoms with Crippen LogP contribution in [0, 0.1) is 0 Å². The zero-order valence-electron chi connectivity index (χ0n) is 10.6. The second kappa shape index (κ2) is 17.2. The highest BCUT2D eigenvalue weighted by molar-refractivity contribution is 4.44. The lowest BCUT2D eigenvalue weighted by Crippen LogP contribution is -2.17. The summed E-state index contributed by atoms with van der Waals surface area (Å²) in [5.74, 6) is 0. The van der Waals surface area contributed by atoms with E-state index in [-0.39, 0.29) is 13.2 Å². The molecule has 4 heteroatoms. The normalized spacial score (nSPS) is 11.8. The highest BCUT2D eigenvalue weighted by atomic mass is 16.3. The van der Waals surface area contributed by atoms with Gasteiger partial charge in [0.2, 0.25) is 0 Å². The van der Waals surface area contributed by atoms with E-state index in [1.54, 1.807) is 0 Å². The summed E-state index contributed by atoms with van der Waals surface area (Å²) in [6, 6.07) is 0. The van der Waals surface area contributed by atoms with Crippen molar-refractivity contribution in [3.05, 3.63) is 0 Å². The first-order chi connectivity index (χ1) is 7.68. The molecule has 0 bridgehead atoms. The second-order valence-electron chi connectivity index (χ2n) is 3.92. The van der Waals surface area contributed by atoms with Gasteiger partial charge in [0.1, 0.15) is 6.23 Å². The quantitative estimate of drug-likeness (QED) is 0.359. The lowest BCUT2D eigenvalue weighted by atomic mass is 10.2. The minimum absolute atomic E-state index is 0.283. The molecule has 0 aliphatic rings. The molecule has 1 unspecified atom stereocenters. The molecule has 5 N–H and O–H groups in total. The minimum Gasteiger partial charge on any atom is -0.396 e. The summed E-state index contributed by atoms with van der Waals surface area (Å²) in [6.45, 7) is 2.69. The molecule has 0 aromatic heterocycles. The highest BCUT2D eigenvalue weighted by Gasteiger charge is 1.92. The molecule has 0 radical (unpaired) electrons. The van der Waals surface area contributed by atoms with Crippen LogP contribution in [0.25, 0.3) is 0 Å². The monoisotopic (exact) mass is 235 g/mol. The van der Waals surface area contributed by atoms with E-state index < -0.39 is 6.23 Å². The molecular formula is C12H29NO3. The Morgan fingerprint density at radius 3 is 1.69 bits per heavy atom. The molecule has 0 rings (SSSR count). The van der Waals surface area contributed by atoms with Crippen molar-refractivity contribution in [2.75, 3.05) is 13.2 Å². The first-order valence-corrected chi connectivity index (χ1v) is 6.34. The Balaban J connectivity index is 0. The second-order valence-corrected chi connectivity index (χ2v) is 3.92. The smallest absolute Gasteiger partial charge is 0.102 e. The number of aliphatic hydroxyl groups excluding tert-OH is 3. The van der Waals surface area contributed by atoms with Crippen molar-refractivity contribution in [1.29, 1.82) is 0 Å². The summed E-state index contributed by atoms with van der Waals surface area (Å²) >= 11 is 0. The van der Waals surface area contributed by atoms with Crippen LogP contribution in [0.1, 0.15) is 58.3 Å². The molecule has 0 saturated carbocycles. The van der Waals surface area contributed by atoms with Gasteiger partial charge in [-0.05, 0) is 25.7 Å². The molecule has 100 valence electrons. The predicted molar refractivity (Wildman–Crippen MR) is 67.0 cm³/mol. The standard InChI is InChI=1S/C6H15NO.C6H14O2/c1-2-3-4-5-6(7)8;7-5-3-1-2-4-6-8/h6,8H,2-5,7H2,1H3;7-8H,1-6H2. The van der Waals surface area contributed by atoms with Crippen LogP contribution in [0.5, 0.6) is 0 Å². The molecule has 0 saturated heterocycles. The van der Waals surface area contributed by atoms with Crippen molar-refractivity contribution in [2.24, 2.45) is 5.73 Å². The van der Waals surface area contributed by atoms with Crippen molar-refractivity contribution < 1.29 is 15.3 Å². The Kier molecular flexibility index (Phi) is 19.6. The average Bonchev–Trinajstić information content (AvgIpc) is 2.25. The Bertz CT molecular complexity index is 104. The van der Waals surface area contributed by atoms with Crippen LogP contribution in [-0.2, 0) is 0 Å². The van der Waals surface area contributed by atoms with E-state index in [2.05, 4.69) is 6.92 Å². The third-order valence-corrected chi connectivity index (χ3v) is 2.17. The van der Waals surface area contributed by atoms with E-state index in [1.807, 2.05) is 0 Å². The van der Waals surface area contributed by atoms with E-state index in [0.717, 1.165) is 38.5 Å². The number of nitrogens with two attached hydrogens (primary N) is 1. The largest absolute Gasteiger partial charge is 0.396 e. The molecule has 0 heterocycles. The third kappa shape index (κ3) is 23.6. The molecule has 4 nitrogen and oxygen atoms in total. The van der Waals surface area contributed by atoms with Gasteiger partial charge in [-0.25, -0.2) is 0 Å². The Morgan fingerprint density at radius 1 is 0.875 bits per heavy atom. The zero-order chi connectivity index (χ0) is 12.6. The van der Waals surface area contributed by atoms with Gasteiger partial charge >= 0.3 is 0 Å². The minimum atomic E-state index is -0.596. The van der Waals surface area contributed by atoms with Gasteiger partial charge in [0.05, 0.1) is 0 Å². The maximum Gasteiger partial charge on any atom is 0.102 e. The van der Waals surface area contributed by atoms with Crippen LogP contribution < -0.4 is 5.73 Å². The molecular weight excluding hydrogens is 206 g/mol. The third-order valence-electron chi connectivity index (χ3n) is 2.17. The fourth-order valence-corrected chi connectivity index (χ4v) is 1.18. The first-order valence-electron chi connectivity index (χ1n) is 6.34. The molecule has 0 aromatic carbocycles. The van der Waals surface area contributed by atoms with Gasteiger partial charge in [-0.2, -0.15) is 0 Å². The average molecular weight is 235 g/mol. The summed E-state index contributed by atoms with van der Waals surface area (Å²) in [6.07, 6.45) is 7.39. The Labute approximate surface area is 99.5 Å². The Hall–Kier alpha value is -0.160. The first kappa shape index (κ1) is 18.2. The van der Waals surface area contributed by atoms with Gasteiger partial charge in [-0.3, -0.25) is 0 Å². The molecule has 1 atom stereocenters. The maximum absolute atomic E-state index is 8.56. The number of unbranched alkanes of at least 4 members (excludes halogenated alkanes) is 5. The van der Waals surface area contributed by atoms with E-state index in [1.165, 1.54) is 12.8 Å². The van der Waals surface area contributed by atoms with E-state index in [9.17, 15) is 0 Å². The molecule has 0 aliphatic heterocycles. The number of rotatable bonds is 9. The van der Waals surface area contributed by atoms with Crippen molar-refractivity contribution in [1.82, 2.24) is 0 Å². The van der Waals surface area contributed by atoms with Gasteiger partial charge in [0.25, 0.3) is 0 Å². The number of hydrogen-bond donors (Lipinski definition) is 4. The van der Waals surface area contributed by atoms with Gasteiger partial charge in [-0.1, -0.05) is 32.6 Å². The summed E-state index contributed by atoms with van der Waals surface area (Å²) in [4.78, 5) is 0. The lowest BCUT2D eigenvalue weighted by molar-refractivity contribution is 0.168. The zero-order valence-corrected chi connectivity index (χ0v) is 10.6. The Morgan fingerprint density at radius 2 is 1.38 bits per heavy atom. The fraction of sp³-hybridized carbons (Fsp3) is 1.00. The van der Waals surface area contributed by atoms with Crippen LogP contribution in [0.4, 0.5) is 0 Å². The van der Waals surface area contributed by atoms with Crippen molar-refractivity contribution >= 4 is 0 Å². The summed E-state index contributed by atoms with van der Waals surface area (Å²) in [7, 11) is 0. The van der Waals surface area contributed by atoms with Crippen molar-refractivity contribution in [2.45, 2.75) is 64.5 Å². The van der Waals surface area contributed by atoms with Gasteiger partial charge in [0, 0.05) is 13.2 Å². The van der Waals surface area contributed by atoms with Crippen LogP contribution in [0.15, 0.2) is 0 Å². The van der Waals surface area contributed by atoms with Crippen molar-refractivity contribution in [3.8, 4) is 0 Å². The van der Waals surface area contributed by atoms with Crippen molar-refractivity contribution in [3.63, 3.8) is 0 Å². The number of aliphatic hydroxyl groups is 3. The van der Waals surface area contributed by atoms with Gasteiger partial charge in [0.15, 0.2) is 0 Å². The van der Waals surface area contributed by atoms with Crippen LogP contribution >= 0.6 is 0 Å². The maximum atomic E-state index is 8.56. The van der Waals surface area contributed by atoms with Crippen LogP contribution in [0.3, 0.4) is 0 Å². The van der Waals surface area contributed by atoms with Gasteiger partial charge < -0.3 is 21.1 Å². The summed E-state index contributed by atoms with van der Waals surface area (Å²) in [5.41, 5.74) is 5.09. The molecule has 0 spiro atoms. The molecule has 16 heavy (non-hydrogen) atoms. The predicted octanol–water partition coefficient (Wildman–Crippen LogP) is 1.38. The molecule has 0 fully saturated rings. The van der Waals surface area contributed by atoms with Crippen LogP contribution in [0.2, 0.25) is 0 Å². The van der Waals surface area contributed by atoms with E-state index >= 15 is 0 Å². The van der Waals surface area contributed by atoms with E-state index in [0.29, 0.717) is 0 Å². The summed E-state index contributed by atoms with van der Waals surface area (Å²) < 4.78 is 0. The fourth-order valence-electron chi connectivity index (χ4n) is 1.18. The van der Waals surface area contributed by atoms with Gasteiger partial charge in [-0.15, -0.1) is 0 Å². The summed E-state index contributed by atoms with van der Waals surface area (Å²) in [5, 5.41) is 25.2. The van der Waals surface area contributed by atoms with E-state index in [4.69, 9.17) is 21.1 Å². The molecule has 0 amide bonds.